The lowest BCUT2D eigenvalue weighted by atomic mass is 10.1. The third-order valence-electron chi connectivity index (χ3n) is 6.55. The Bertz CT molecular complexity index is 1240. The highest BCUT2D eigenvalue weighted by atomic mass is 32.2. The van der Waals surface area contributed by atoms with Crippen LogP contribution in [-0.2, 0) is 26.2 Å². The van der Waals surface area contributed by atoms with Crippen molar-refractivity contribution in [2.24, 2.45) is 0 Å². The van der Waals surface area contributed by atoms with Crippen molar-refractivity contribution in [3.8, 4) is 5.75 Å². The van der Waals surface area contributed by atoms with E-state index in [2.05, 4.69) is 5.32 Å². The number of methoxy groups -OCH3 is 1. The zero-order chi connectivity index (χ0) is 25.2. The summed E-state index contributed by atoms with van der Waals surface area (Å²) in [6.45, 7) is 0.961. The average molecular weight is 500 g/mol. The lowest BCUT2D eigenvalue weighted by Gasteiger charge is -2.31. The maximum atomic E-state index is 13.5. The molecule has 0 saturated heterocycles. The van der Waals surface area contributed by atoms with Crippen LogP contribution in [0.2, 0.25) is 0 Å². The number of fused-ring (bicyclic) bond motifs is 1. The van der Waals surface area contributed by atoms with E-state index in [0.717, 1.165) is 25.7 Å². The van der Waals surface area contributed by atoms with E-state index in [1.54, 1.807) is 37.3 Å². The summed E-state index contributed by atoms with van der Waals surface area (Å²) in [6, 6.07) is 12.1. The molecule has 2 aliphatic rings. The summed E-state index contributed by atoms with van der Waals surface area (Å²) < 4.78 is 31.8. The molecule has 0 spiro atoms. The summed E-state index contributed by atoms with van der Waals surface area (Å²) >= 11 is 0. The number of rotatable bonds is 8. The molecule has 1 fully saturated rings. The Kier molecular flexibility index (Phi) is 7.11. The van der Waals surface area contributed by atoms with Crippen LogP contribution in [0.4, 0.5) is 0 Å². The minimum atomic E-state index is -4.16. The third-order valence-corrected chi connectivity index (χ3v) is 8.33. The molecule has 2 aromatic rings. The Labute approximate surface area is 205 Å². The molecule has 0 unspecified atom stereocenters. The first-order chi connectivity index (χ1) is 16.7. The van der Waals surface area contributed by atoms with Crippen LogP contribution in [0.1, 0.15) is 48.5 Å². The Morgan fingerprint density at radius 2 is 1.86 bits per heavy atom. The molecule has 1 saturated carbocycles. The summed E-state index contributed by atoms with van der Waals surface area (Å²) in [5, 5.41) is 3.00. The van der Waals surface area contributed by atoms with E-state index in [1.165, 1.54) is 30.2 Å². The number of nitrogens with zero attached hydrogens (tertiary/aromatic N) is 2. The summed E-state index contributed by atoms with van der Waals surface area (Å²) in [4.78, 5) is 40.5. The van der Waals surface area contributed by atoms with Crippen molar-refractivity contribution in [3.05, 3.63) is 59.7 Å². The smallest absolute Gasteiger partial charge is 0.269 e. The molecule has 4 rings (SSSR count). The Morgan fingerprint density at radius 3 is 2.54 bits per heavy atom. The van der Waals surface area contributed by atoms with Gasteiger partial charge in [-0.05, 0) is 49.6 Å². The van der Waals surface area contributed by atoms with Crippen LogP contribution < -0.4 is 10.1 Å². The maximum Gasteiger partial charge on any atom is 0.269 e. The van der Waals surface area contributed by atoms with Gasteiger partial charge in [0.2, 0.25) is 11.8 Å². The van der Waals surface area contributed by atoms with Crippen LogP contribution in [0.15, 0.2) is 53.4 Å². The van der Waals surface area contributed by atoms with Crippen LogP contribution >= 0.6 is 0 Å². The fraction of sp³-hybridized carbons (Fsp3) is 0.400. The standard InChI is InChI=1S/C25H29N3O6S/c1-17(24(30)26-19-9-3-4-10-19)27(15-18-8-7-11-20(14-18)34-2)23(29)16-28-25(31)21-12-5-6-13-22(21)35(28,32)33/h5-8,11-14,17,19H,3-4,9-10,15-16H2,1-2H3,(H,26,30)/t17-/m1/s1. The molecule has 0 bridgehead atoms. The van der Waals surface area contributed by atoms with Crippen LogP contribution in [0, 0.1) is 0 Å². The van der Waals surface area contributed by atoms with Crippen LogP contribution in [0.3, 0.4) is 0 Å². The molecule has 35 heavy (non-hydrogen) atoms. The number of carbonyl (C=O) groups excluding carboxylic acids is 3. The first-order valence-corrected chi connectivity index (χ1v) is 13.0. The van der Waals surface area contributed by atoms with Gasteiger partial charge in [-0.2, -0.15) is 0 Å². The quantitative estimate of drug-likeness (QED) is 0.596. The first-order valence-electron chi connectivity index (χ1n) is 11.6. The molecule has 186 valence electrons. The van der Waals surface area contributed by atoms with Gasteiger partial charge in [-0.3, -0.25) is 14.4 Å². The van der Waals surface area contributed by atoms with Gasteiger partial charge in [0.15, 0.2) is 0 Å². The summed E-state index contributed by atoms with van der Waals surface area (Å²) in [5.41, 5.74) is 0.740. The second-order valence-electron chi connectivity index (χ2n) is 8.85. The fourth-order valence-corrected chi connectivity index (χ4v) is 6.06. The number of sulfonamides is 1. The number of ether oxygens (including phenoxy) is 1. The highest BCUT2D eigenvalue weighted by molar-refractivity contribution is 7.90. The molecule has 1 aliphatic carbocycles. The number of carbonyl (C=O) groups is 3. The van der Waals surface area contributed by atoms with Gasteiger partial charge in [0.25, 0.3) is 15.9 Å². The van der Waals surface area contributed by atoms with Gasteiger partial charge in [-0.25, -0.2) is 12.7 Å². The number of amides is 3. The van der Waals surface area contributed by atoms with Gasteiger partial charge < -0.3 is 15.0 Å². The van der Waals surface area contributed by atoms with E-state index in [-0.39, 0.29) is 29.0 Å². The number of benzene rings is 2. The van der Waals surface area contributed by atoms with Gasteiger partial charge in [-0.15, -0.1) is 0 Å². The second kappa shape index (κ2) is 10.1. The lowest BCUT2D eigenvalue weighted by molar-refractivity contribution is -0.140. The molecule has 3 amide bonds. The van der Waals surface area contributed by atoms with Crippen molar-refractivity contribution < 1.29 is 27.5 Å². The van der Waals surface area contributed by atoms with Crippen LogP contribution in [-0.4, -0.2) is 61.1 Å². The zero-order valence-electron chi connectivity index (χ0n) is 19.8. The predicted octanol–water partition coefficient (Wildman–Crippen LogP) is 2.32. The van der Waals surface area contributed by atoms with Crippen molar-refractivity contribution in [1.29, 1.82) is 0 Å². The Balaban J connectivity index is 1.59. The van der Waals surface area contributed by atoms with E-state index in [4.69, 9.17) is 4.74 Å². The normalized spacial score (nSPS) is 17.7. The predicted molar refractivity (Wildman–Crippen MR) is 128 cm³/mol. The monoisotopic (exact) mass is 499 g/mol. The molecule has 10 heteroatoms. The summed E-state index contributed by atoms with van der Waals surface area (Å²) in [7, 11) is -2.63. The van der Waals surface area contributed by atoms with E-state index in [0.29, 0.717) is 15.6 Å². The highest BCUT2D eigenvalue weighted by Crippen LogP contribution is 2.30. The molecule has 1 aliphatic heterocycles. The molecule has 2 aromatic carbocycles. The Hall–Kier alpha value is -3.40. The third kappa shape index (κ3) is 5.02. The van der Waals surface area contributed by atoms with Crippen molar-refractivity contribution in [3.63, 3.8) is 0 Å². The van der Waals surface area contributed by atoms with Gasteiger partial charge in [0, 0.05) is 12.6 Å². The molecule has 1 atom stereocenters. The first kappa shape index (κ1) is 24.7. The molecule has 0 radical (unpaired) electrons. The molecule has 1 heterocycles. The van der Waals surface area contributed by atoms with Crippen LogP contribution in [0.5, 0.6) is 5.75 Å². The van der Waals surface area contributed by atoms with Gasteiger partial charge >= 0.3 is 0 Å². The van der Waals surface area contributed by atoms with Gasteiger partial charge in [-0.1, -0.05) is 37.1 Å². The minimum Gasteiger partial charge on any atom is -0.497 e. The van der Waals surface area contributed by atoms with Crippen LogP contribution in [0.25, 0.3) is 0 Å². The topological polar surface area (TPSA) is 113 Å². The Morgan fingerprint density at radius 1 is 1.14 bits per heavy atom. The van der Waals surface area contributed by atoms with E-state index in [1.807, 2.05) is 0 Å². The zero-order valence-corrected chi connectivity index (χ0v) is 20.6. The second-order valence-corrected chi connectivity index (χ2v) is 10.7. The largest absolute Gasteiger partial charge is 0.497 e. The molecule has 1 N–H and O–H groups in total. The molecular formula is C25H29N3O6S. The van der Waals surface area contributed by atoms with Crippen molar-refractivity contribution in [2.45, 2.75) is 56.1 Å². The lowest BCUT2D eigenvalue weighted by Crippen LogP contribution is -2.52. The fourth-order valence-electron chi connectivity index (χ4n) is 4.54. The molecule has 9 nitrogen and oxygen atoms in total. The highest BCUT2D eigenvalue weighted by Gasteiger charge is 2.43. The maximum absolute atomic E-state index is 13.5. The number of hydrogen-bond donors (Lipinski definition) is 1. The summed E-state index contributed by atoms with van der Waals surface area (Å²) in [6.07, 6.45) is 3.87. The minimum absolute atomic E-state index is 0.0340. The van der Waals surface area contributed by atoms with Crippen molar-refractivity contribution in [1.82, 2.24) is 14.5 Å². The van der Waals surface area contributed by atoms with Crippen molar-refractivity contribution >= 4 is 27.7 Å². The number of hydrogen-bond acceptors (Lipinski definition) is 6. The number of nitrogens with one attached hydrogen (secondary N) is 1. The van der Waals surface area contributed by atoms with Crippen molar-refractivity contribution in [2.75, 3.05) is 13.7 Å². The van der Waals surface area contributed by atoms with Gasteiger partial charge in [0.1, 0.15) is 23.2 Å². The van der Waals surface area contributed by atoms with E-state index < -0.39 is 34.4 Å². The molecule has 0 aromatic heterocycles. The van der Waals surface area contributed by atoms with Gasteiger partial charge in [0.05, 0.1) is 12.7 Å². The van der Waals surface area contributed by atoms with E-state index in [9.17, 15) is 22.8 Å². The summed E-state index contributed by atoms with van der Waals surface area (Å²) in [5.74, 6) is -1.12. The average Bonchev–Trinajstić information content (AvgIpc) is 3.43. The molecular weight excluding hydrogens is 470 g/mol. The van der Waals surface area contributed by atoms with E-state index >= 15 is 0 Å². The SMILES string of the molecule is COc1cccc(CN(C(=O)CN2C(=O)c3ccccc3S2(=O)=O)[C@H](C)C(=O)NC2CCCC2)c1.